The van der Waals surface area contributed by atoms with Gasteiger partial charge in [-0.25, -0.2) is 9.36 Å². The van der Waals surface area contributed by atoms with Gasteiger partial charge in [0, 0.05) is 23.3 Å². The van der Waals surface area contributed by atoms with Gasteiger partial charge in [0.05, 0.1) is 0 Å². The first-order valence-electron chi connectivity index (χ1n) is 17.9. The molecule has 3 atom stereocenters. The third-order valence-electron chi connectivity index (χ3n) is 7.69. The Balaban J connectivity index is 1.77. The number of hydrogen-bond acceptors (Lipinski definition) is 11. The number of ether oxygens (including phenoxy) is 2. The van der Waals surface area contributed by atoms with E-state index in [9.17, 15) is 28.9 Å². The highest BCUT2D eigenvalue weighted by molar-refractivity contribution is 8.77. The third kappa shape index (κ3) is 21.5. The van der Waals surface area contributed by atoms with Crippen molar-refractivity contribution in [3.05, 3.63) is 90.6 Å². The van der Waals surface area contributed by atoms with E-state index >= 15 is 0 Å². The lowest BCUT2D eigenvalue weighted by Gasteiger charge is -2.21. The Morgan fingerprint density at radius 3 is 2.10 bits per heavy atom. The molecule has 1 fully saturated rings. The lowest BCUT2D eigenvalue weighted by molar-refractivity contribution is -0.161. The van der Waals surface area contributed by atoms with Gasteiger partial charge in [0.25, 0.3) is 0 Å². The van der Waals surface area contributed by atoms with Crippen LogP contribution in [0.4, 0.5) is 0 Å². The van der Waals surface area contributed by atoms with Crippen LogP contribution in [-0.4, -0.2) is 57.7 Å². The van der Waals surface area contributed by atoms with Gasteiger partial charge in [0.1, 0.15) is 24.5 Å². The SMILES string of the molecule is CC/C=C\C/C=C\C/C=C\C/C=C\C/C=C\CCCC(=O)O[C@H](COC(=O)CCCC[C@]1(C)CCSS1)COP(=O)(O)OC(=O)c1ccccc1O. The molecule has 0 bridgehead atoms. The first-order chi connectivity index (χ1) is 25.0. The summed E-state index contributed by atoms with van der Waals surface area (Å²) in [5.41, 5.74) is -0.330. The highest BCUT2D eigenvalue weighted by atomic mass is 33.1. The minimum Gasteiger partial charge on any atom is -0.507 e. The zero-order valence-electron chi connectivity index (χ0n) is 30.4. The van der Waals surface area contributed by atoms with Crippen molar-refractivity contribution in [1.29, 1.82) is 0 Å². The first kappa shape index (κ1) is 45.1. The molecule has 288 valence electrons. The standard InChI is InChI=1S/C39H55O10PS2/c1-3-4-5-6-7-8-9-10-11-12-13-14-15-16-17-18-19-27-37(42)48-33(31-46-36(41)26-22-23-28-39(2)29-30-51-52-39)32-47-50(44,45)49-38(43)34-24-20-21-25-35(34)40/h4-5,7-8,10-11,13-14,16-17,20-21,24-25,33,40H,3,6,9,12,15,18-19,22-23,26-32H2,1-2H3,(H,44,45)/b5-4-,8-7-,11-10-,14-13-,17-16-/t33-,39-/m1/s1. The molecule has 1 aliphatic heterocycles. The maximum absolute atomic E-state index is 12.6. The number of esters is 2. The van der Waals surface area contributed by atoms with Crippen molar-refractivity contribution in [3.63, 3.8) is 0 Å². The second-order valence-electron chi connectivity index (χ2n) is 12.4. The fourth-order valence-electron chi connectivity index (χ4n) is 4.77. The van der Waals surface area contributed by atoms with Crippen molar-refractivity contribution < 1.29 is 47.5 Å². The van der Waals surface area contributed by atoms with E-state index in [1.807, 2.05) is 33.7 Å². The summed E-state index contributed by atoms with van der Waals surface area (Å²) in [4.78, 5) is 47.6. The largest absolute Gasteiger partial charge is 0.529 e. The lowest BCUT2D eigenvalue weighted by Crippen LogP contribution is -2.29. The number of rotatable bonds is 26. The zero-order valence-corrected chi connectivity index (χ0v) is 32.9. The van der Waals surface area contributed by atoms with Crippen molar-refractivity contribution >= 4 is 47.3 Å². The van der Waals surface area contributed by atoms with E-state index in [0.717, 1.165) is 57.1 Å². The summed E-state index contributed by atoms with van der Waals surface area (Å²) in [5, 5.41) is 9.84. The van der Waals surface area contributed by atoms with E-state index in [4.69, 9.17) is 14.0 Å². The molecule has 13 heteroatoms. The van der Waals surface area contributed by atoms with Crippen LogP contribution in [0, 0.1) is 0 Å². The molecule has 0 radical (unpaired) electrons. The lowest BCUT2D eigenvalue weighted by atomic mass is 9.99. The number of phenols is 1. The van der Waals surface area contributed by atoms with Gasteiger partial charge in [-0.05, 0) is 83.3 Å². The number of unbranched alkanes of at least 4 members (excludes halogenated alkanes) is 2. The second kappa shape index (κ2) is 26.7. The number of hydrogen-bond donors (Lipinski definition) is 2. The van der Waals surface area contributed by atoms with Crippen LogP contribution < -0.4 is 0 Å². The van der Waals surface area contributed by atoms with Gasteiger partial charge in [0.15, 0.2) is 6.10 Å². The van der Waals surface area contributed by atoms with E-state index in [1.165, 1.54) is 24.3 Å². The molecule has 1 saturated heterocycles. The predicted octanol–water partition coefficient (Wildman–Crippen LogP) is 10.1. The number of para-hydroxylation sites is 1. The molecule has 52 heavy (non-hydrogen) atoms. The Morgan fingerprint density at radius 1 is 0.865 bits per heavy atom. The van der Waals surface area contributed by atoms with Gasteiger partial charge in [0.2, 0.25) is 0 Å². The van der Waals surface area contributed by atoms with Crippen LogP contribution in [0.5, 0.6) is 5.75 Å². The second-order valence-corrected chi connectivity index (χ2v) is 16.7. The summed E-state index contributed by atoms with van der Waals surface area (Å²) in [6, 6.07) is 5.35. The number of phenolic OH excluding ortho intramolecular Hbond substituents is 1. The summed E-state index contributed by atoms with van der Waals surface area (Å²) in [6.45, 7) is 3.27. The molecule has 0 amide bonds. The van der Waals surface area contributed by atoms with E-state index < -0.39 is 50.8 Å². The molecular formula is C39H55O10PS2. The van der Waals surface area contributed by atoms with Crippen LogP contribution in [0.3, 0.4) is 0 Å². The first-order valence-corrected chi connectivity index (χ1v) is 21.7. The molecule has 1 aromatic carbocycles. The Morgan fingerprint density at radius 2 is 1.48 bits per heavy atom. The summed E-state index contributed by atoms with van der Waals surface area (Å²) in [5.74, 6) is -1.68. The molecule has 1 unspecified atom stereocenters. The fraction of sp³-hybridized carbons (Fsp3) is 0.513. The van der Waals surface area contributed by atoms with Gasteiger partial charge < -0.3 is 19.1 Å². The van der Waals surface area contributed by atoms with Crippen molar-refractivity contribution in [3.8, 4) is 5.75 Å². The third-order valence-corrected chi connectivity index (χ3v) is 11.9. The van der Waals surface area contributed by atoms with Gasteiger partial charge in [-0.2, -0.15) is 0 Å². The van der Waals surface area contributed by atoms with Crippen molar-refractivity contribution in [2.45, 2.75) is 108 Å². The van der Waals surface area contributed by atoms with Gasteiger partial charge in [-0.3, -0.25) is 19.0 Å². The topological polar surface area (TPSA) is 146 Å². The van der Waals surface area contributed by atoms with Crippen molar-refractivity contribution in [1.82, 2.24) is 0 Å². The molecule has 1 aromatic rings. The Bertz CT molecular complexity index is 1420. The quantitative estimate of drug-likeness (QED) is 0.0303. The van der Waals surface area contributed by atoms with E-state index in [0.29, 0.717) is 19.3 Å². The Labute approximate surface area is 317 Å². The highest BCUT2D eigenvalue weighted by Gasteiger charge is 2.31. The summed E-state index contributed by atoms with van der Waals surface area (Å²) >= 11 is 0. The molecule has 2 rings (SSSR count). The summed E-state index contributed by atoms with van der Waals surface area (Å²) in [6.07, 6.45) is 29.5. The van der Waals surface area contributed by atoms with Gasteiger partial charge >= 0.3 is 25.7 Å². The monoisotopic (exact) mass is 778 g/mol. The summed E-state index contributed by atoms with van der Waals surface area (Å²) in [7, 11) is -1.23. The van der Waals surface area contributed by atoms with Crippen LogP contribution in [0.2, 0.25) is 0 Å². The number of aromatic hydroxyl groups is 1. The average Bonchev–Trinajstić information content (AvgIpc) is 3.55. The minimum absolute atomic E-state index is 0.0624. The average molecular weight is 779 g/mol. The molecule has 1 aliphatic rings. The number of benzene rings is 1. The molecule has 10 nitrogen and oxygen atoms in total. The van der Waals surface area contributed by atoms with E-state index in [2.05, 4.69) is 67.0 Å². The number of carbonyl (C=O) groups is 3. The van der Waals surface area contributed by atoms with Gasteiger partial charge in [-0.15, -0.1) is 0 Å². The van der Waals surface area contributed by atoms with Crippen molar-refractivity contribution in [2.75, 3.05) is 19.0 Å². The maximum atomic E-state index is 12.6. The molecule has 0 aromatic heterocycles. The fourth-order valence-corrected chi connectivity index (χ4v) is 8.79. The molecule has 0 saturated carbocycles. The molecule has 0 spiro atoms. The number of carbonyl (C=O) groups excluding carboxylic acids is 3. The van der Waals surface area contributed by atoms with Gasteiger partial charge in [-0.1, -0.05) is 108 Å². The van der Waals surface area contributed by atoms with Crippen LogP contribution in [0.25, 0.3) is 0 Å². The van der Waals surface area contributed by atoms with Crippen molar-refractivity contribution in [2.24, 2.45) is 0 Å². The Kier molecular flexibility index (Phi) is 23.2. The number of phosphoric ester groups is 1. The summed E-state index contributed by atoms with van der Waals surface area (Å²) < 4.78 is 33.0. The smallest absolute Gasteiger partial charge is 0.507 e. The Hall–Kier alpha value is -3.02. The van der Waals surface area contributed by atoms with Crippen LogP contribution in [0.15, 0.2) is 85.0 Å². The highest BCUT2D eigenvalue weighted by Crippen LogP contribution is 2.49. The molecular weight excluding hydrogens is 724 g/mol. The maximum Gasteiger partial charge on any atom is 0.529 e. The molecule has 2 N–H and O–H groups in total. The number of allylic oxidation sites excluding steroid dienone is 10. The molecule has 1 heterocycles. The van der Waals surface area contributed by atoms with E-state index in [-0.39, 0.29) is 23.2 Å². The zero-order chi connectivity index (χ0) is 37.9. The minimum atomic E-state index is -4.99. The van der Waals surface area contributed by atoms with Crippen LogP contribution in [0.1, 0.15) is 108 Å². The predicted molar refractivity (Wildman–Crippen MR) is 210 cm³/mol. The van der Waals surface area contributed by atoms with E-state index in [1.54, 1.807) is 0 Å². The molecule has 0 aliphatic carbocycles. The number of phosphoric acid groups is 1. The van der Waals surface area contributed by atoms with Crippen LogP contribution >= 0.6 is 29.4 Å². The van der Waals surface area contributed by atoms with Crippen LogP contribution in [-0.2, 0) is 32.7 Å². The normalized spacial score (nSPS) is 18.1.